The van der Waals surface area contributed by atoms with Crippen molar-refractivity contribution in [1.82, 2.24) is 0 Å². The molecule has 0 amide bonds. The Bertz CT molecular complexity index is 709. The largest absolute Gasteiger partial charge is 0.379 e. The van der Waals surface area contributed by atoms with Crippen LogP contribution in [0.3, 0.4) is 0 Å². The van der Waals surface area contributed by atoms with Crippen LogP contribution in [0.4, 0.5) is 0 Å². The lowest BCUT2D eigenvalue weighted by Crippen LogP contribution is -2.47. The molecule has 0 aromatic heterocycles. The van der Waals surface area contributed by atoms with Crippen LogP contribution in [0.1, 0.15) is 31.2 Å². The Kier molecular flexibility index (Phi) is 5.29. The summed E-state index contributed by atoms with van der Waals surface area (Å²) in [5, 5.41) is 11.7. The molecule has 2 nitrogen and oxygen atoms in total. The Balaban J connectivity index is 1.94. The maximum atomic E-state index is 11.7. The van der Waals surface area contributed by atoms with E-state index in [1.807, 2.05) is 54.6 Å². The summed E-state index contributed by atoms with van der Waals surface area (Å²) >= 11 is 0. The maximum Gasteiger partial charge on any atom is 0.126 e. The molecule has 0 radical (unpaired) electrons. The van der Waals surface area contributed by atoms with Crippen LogP contribution in [-0.4, -0.2) is 11.1 Å². The summed E-state index contributed by atoms with van der Waals surface area (Å²) in [6.45, 7) is 0. The van der Waals surface area contributed by atoms with Crippen LogP contribution in [0.5, 0.6) is 0 Å². The third-order valence-corrected chi connectivity index (χ3v) is 4.78. The first-order valence-electron chi connectivity index (χ1n) is 8.63. The third-order valence-electron chi connectivity index (χ3n) is 4.78. The molecule has 3 N–H and O–H groups in total. The number of hydrogen-bond donors (Lipinski definition) is 2. The van der Waals surface area contributed by atoms with Gasteiger partial charge in [0.05, 0.1) is 0 Å². The molecule has 2 aliphatic carbocycles. The summed E-state index contributed by atoms with van der Waals surface area (Å²) in [5.74, 6) is 0. The molecular weight excluding hydrogens is 294 g/mol. The smallest absolute Gasteiger partial charge is 0.126 e. The predicted molar refractivity (Wildman–Crippen MR) is 100 cm³/mol. The second kappa shape index (κ2) is 7.61. The topological polar surface area (TPSA) is 46.2 Å². The molecule has 1 aromatic rings. The first kappa shape index (κ1) is 16.7. The highest BCUT2D eigenvalue weighted by Crippen LogP contribution is 2.38. The normalized spacial score (nSPS) is 20.8. The molecule has 2 heteroatoms. The van der Waals surface area contributed by atoms with Crippen molar-refractivity contribution in [3.63, 3.8) is 0 Å². The van der Waals surface area contributed by atoms with E-state index in [1.165, 1.54) is 5.57 Å². The van der Waals surface area contributed by atoms with Crippen LogP contribution in [-0.2, 0) is 5.60 Å². The van der Waals surface area contributed by atoms with E-state index in [2.05, 4.69) is 24.3 Å². The Morgan fingerprint density at radius 3 is 2.67 bits per heavy atom. The van der Waals surface area contributed by atoms with Gasteiger partial charge in [-0.05, 0) is 36.8 Å². The quantitative estimate of drug-likeness (QED) is 0.849. The lowest BCUT2D eigenvalue weighted by Gasteiger charge is -2.38. The van der Waals surface area contributed by atoms with Crippen LogP contribution in [0.25, 0.3) is 0 Å². The van der Waals surface area contributed by atoms with Gasteiger partial charge in [0.1, 0.15) is 5.60 Å². The summed E-state index contributed by atoms with van der Waals surface area (Å²) in [6.07, 6.45) is 20.0. The Morgan fingerprint density at radius 1 is 1.08 bits per heavy atom. The van der Waals surface area contributed by atoms with Gasteiger partial charge >= 0.3 is 0 Å². The first-order chi connectivity index (χ1) is 11.7. The fourth-order valence-corrected chi connectivity index (χ4v) is 3.43. The van der Waals surface area contributed by atoms with E-state index in [4.69, 9.17) is 5.73 Å². The van der Waals surface area contributed by atoms with Crippen molar-refractivity contribution in [3.05, 3.63) is 95.6 Å². The zero-order valence-corrected chi connectivity index (χ0v) is 13.9. The number of nitrogens with two attached hydrogens (primary N) is 1. The van der Waals surface area contributed by atoms with Crippen molar-refractivity contribution < 1.29 is 5.11 Å². The van der Waals surface area contributed by atoms with Gasteiger partial charge in [0.25, 0.3) is 0 Å². The van der Waals surface area contributed by atoms with E-state index in [0.717, 1.165) is 30.4 Å². The van der Waals surface area contributed by atoms with Crippen molar-refractivity contribution in [2.75, 3.05) is 0 Å². The molecule has 24 heavy (non-hydrogen) atoms. The molecular formula is C22H25NO. The first-order valence-corrected chi connectivity index (χ1v) is 8.63. The molecule has 2 atom stereocenters. The molecule has 0 saturated carbocycles. The summed E-state index contributed by atoms with van der Waals surface area (Å²) in [5.41, 5.74) is 8.49. The van der Waals surface area contributed by atoms with Gasteiger partial charge < -0.3 is 10.8 Å². The van der Waals surface area contributed by atoms with Crippen molar-refractivity contribution >= 4 is 0 Å². The molecule has 2 aliphatic rings. The maximum absolute atomic E-state index is 11.7. The SMILES string of the molecule is NC(CC1=CCC=CC=C1)C(O)(C1=CC=CCC1)c1ccccc1. The average Bonchev–Trinajstić information content (AvgIpc) is 2.91. The van der Waals surface area contributed by atoms with Gasteiger partial charge in [-0.15, -0.1) is 0 Å². The van der Waals surface area contributed by atoms with E-state index in [1.54, 1.807) is 0 Å². The van der Waals surface area contributed by atoms with Crippen LogP contribution in [0, 0.1) is 0 Å². The van der Waals surface area contributed by atoms with E-state index >= 15 is 0 Å². The molecule has 0 aliphatic heterocycles. The summed E-state index contributed by atoms with van der Waals surface area (Å²) in [4.78, 5) is 0. The molecule has 0 heterocycles. The van der Waals surface area contributed by atoms with Crippen molar-refractivity contribution in [1.29, 1.82) is 0 Å². The molecule has 0 bridgehead atoms. The van der Waals surface area contributed by atoms with E-state index in [0.29, 0.717) is 6.42 Å². The van der Waals surface area contributed by atoms with Gasteiger partial charge in [-0.2, -0.15) is 0 Å². The van der Waals surface area contributed by atoms with Crippen molar-refractivity contribution in [2.24, 2.45) is 5.73 Å². The molecule has 0 fully saturated rings. The van der Waals surface area contributed by atoms with E-state index in [-0.39, 0.29) is 0 Å². The van der Waals surface area contributed by atoms with Crippen LogP contribution in [0.2, 0.25) is 0 Å². The highest BCUT2D eigenvalue weighted by Gasteiger charge is 2.39. The second-order valence-corrected chi connectivity index (χ2v) is 6.40. The van der Waals surface area contributed by atoms with Gasteiger partial charge in [-0.3, -0.25) is 0 Å². The van der Waals surface area contributed by atoms with Gasteiger partial charge in [0.2, 0.25) is 0 Å². The Morgan fingerprint density at radius 2 is 1.92 bits per heavy atom. The Labute approximate surface area is 144 Å². The molecule has 3 rings (SSSR count). The fraction of sp³-hybridized carbons (Fsp3) is 0.273. The zero-order chi connectivity index (χ0) is 16.8. The standard InChI is InChI=1S/C22H25NO/c23-21(17-18-11-5-1-2-6-12-18)22(24,19-13-7-3-8-14-19)20-15-9-4-10-16-20/h1-5,7-9,11-15,21,24H,6,10,16-17,23H2. The minimum absolute atomic E-state index is 0.397. The van der Waals surface area contributed by atoms with E-state index < -0.39 is 11.6 Å². The molecule has 0 spiro atoms. The van der Waals surface area contributed by atoms with Crippen molar-refractivity contribution in [3.8, 4) is 0 Å². The summed E-state index contributed by atoms with van der Waals surface area (Å²) < 4.78 is 0. The zero-order valence-electron chi connectivity index (χ0n) is 13.9. The number of aliphatic hydroxyl groups is 1. The highest BCUT2D eigenvalue weighted by molar-refractivity contribution is 5.39. The molecule has 0 saturated heterocycles. The minimum Gasteiger partial charge on any atom is -0.379 e. The average molecular weight is 319 g/mol. The third kappa shape index (κ3) is 3.50. The number of hydrogen-bond acceptors (Lipinski definition) is 2. The van der Waals surface area contributed by atoms with Gasteiger partial charge in [0, 0.05) is 6.04 Å². The molecule has 124 valence electrons. The lowest BCUT2D eigenvalue weighted by atomic mass is 9.75. The fourth-order valence-electron chi connectivity index (χ4n) is 3.43. The number of rotatable bonds is 5. The lowest BCUT2D eigenvalue weighted by molar-refractivity contribution is 0.0440. The van der Waals surface area contributed by atoms with Crippen LogP contribution < -0.4 is 5.73 Å². The van der Waals surface area contributed by atoms with Crippen LogP contribution in [0.15, 0.2) is 90.1 Å². The Hall–Kier alpha value is -2.16. The number of benzene rings is 1. The monoisotopic (exact) mass is 319 g/mol. The van der Waals surface area contributed by atoms with Crippen molar-refractivity contribution in [2.45, 2.75) is 37.3 Å². The molecule has 1 aromatic carbocycles. The number of allylic oxidation sites excluding steroid dienone is 8. The molecule has 2 unspecified atom stereocenters. The van der Waals surface area contributed by atoms with Gasteiger partial charge in [-0.25, -0.2) is 0 Å². The predicted octanol–water partition coefficient (Wildman–Crippen LogP) is 4.31. The summed E-state index contributed by atoms with van der Waals surface area (Å²) in [7, 11) is 0. The second-order valence-electron chi connectivity index (χ2n) is 6.40. The van der Waals surface area contributed by atoms with Crippen LogP contribution >= 0.6 is 0 Å². The summed E-state index contributed by atoms with van der Waals surface area (Å²) in [6, 6.07) is 9.43. The van der Waals surface area contributed by atoms with Gasteiger partial charge in [-0.1, -0.05) is 84.5 Å². The highest BCUT2D eigenvalue weighted by atomic mass is 16.3. The van der Waals surface area contributed by atoms with E-state index in [9.17, 15) is 5.11 Å². The minimum atomic E-state index is -1.14. The van der Waals surface area contributed by atoms with Gasteiger partial charge in [0.15, 0.2) is 0 Å².